The first-order chi connectivity index (χ1) is 13.1. The smallest absolute Gasteiger partial charge is 0.272 e. The number of hydrogen-bond donors (Lipinski definition) is 0. The minimum Gasteiger partial charge on any atom is -0.272 e. The van der Waals surface area contributed by atoms with Crippen LogP contribution in [-0.4, -0.2) is 19.5 Å². The lowest BCUT2D eigenvalue weighted by molar-refractivity contribution is -0.117. The van der Waals surface area contributed by atoms with Gasteiger partial charge in [-0.1, -0.05) is 66.4 Å². The monoisotopic (exact) mass is 414 g/mol. The molecule has 0 aliphatic carbocycles. The van der Waals surface area contributed by atoms with Gasteiger partial charge in [0.25, 0.3) is 15.9 Å². The molecule has 2 heterocycles. The number of thiophene rings is 1. The molecular weight excluding hydrogens is 400 g/mol. The van der Waals surface area contributed by atoms with Gasteiger partial charge in [0.05, 0.1) is 5.69 Å². The van der Waals surface area contributed by atoms with Gasteiger partial charge >= 0.3 is 0 Å². The summed E-state index contributed by atoms with van der Waals surface area (Å²) < 4.78 is 29.4. The van der Waals surface area contributed by atoms with Crippen molar-refractivity contribution in [2.45, 2.75) is 9.46 Å². The van der Waals surface area contributed by atoms with Crippen molar-refractivity contribution in [2.75, 3.05) is 4.90 Å². The summed E-state index contributed by atoms with van der Waals surface area (Å²) in [4.78, 5) is 14.5. The molecule has 1 fully saturated rings. The Balaban J connectivity index is 1.80. The standard InChI is InChI=1S/C19H14N2O3S3/c22-18-17(14-8-3-1-4-9-14)26-19(21(18)15-10-5-2-6-11-15)20-27(23,24)16-12-7-13-25-16/h1-13,17H/t17-/m1/s1. The van der Waals surface area contributed by atoms with E-state index in [9.17, 15) is 13.2 Å². The molecule has 5 nitrogen and oxygen atoms in total. The van der Waals surface area contributed by atoms with E-state index in [2.05, 4.69) is 4.40 Å². The normalized spacial score (nSPS) is 19.0. The van der Waals surface area contributed by atoms with Crippen LogP contribution in [0.15, 0.2) is 86.8 Å². The first kappa shape index (κ1) is 18.0. The van der Waals surface area contributed by atoms with Crippen LogP contribution in [0.2, 0.25) is 0 Å². The van der Waals surface area contributed by atoms with Crippen LogP contribution in [0.5, 0.6) is 0 Å². The number of amides is 1. The number of sulfonamides is 1. The fraction of sp³-hybridized carbons (Fsp3) is 0.0526. The highest BCUT2D eigenvalue weighted by Crippen LogP contribution is 2.42. The van der Waals surface area contributed by atoms with Crippen molar-refractivity contribution < 1.29 is 13.2 Å². The number of para-hydroxylation sites is 1. The van der Waals surface area contributed by atoms with Crippen LogP contribution in [0.4, 0.5) is 5.69 Å². The lowest BCUT2D eigenvalue weighted by Crippen LogP contribution is -2.30. The van der Waals surface area contributed by atoms with Gasteiger partial charge in [-0.2, -0.15) is 8.42 Å². The summed E-state index contributed by atoms with van der Waals surface area (Å²) in [7, 11) is -3.88. The van der Waals surface area contributed by atoms with Gasteiger partial charge in [-0.05, 0) is 29.1 Å². The predicted molar refractivity (Wildman–Crippen MR) is 110 cm³/mol. The lowest BCUT2D eigenvalue weighted by Gasteiger charge is -2.16. The van der Waals surface area contributed by atoms with E-state index in [0.717, 1.165) is 28.7 Å². The van der Waals surface area contributed by atoms with Crippen molar-refractivity contribution in [2.24, 2.45) is 4.40 Å². The van der Waals surface area contributed by atoms with Crippen molar-refractivity contribution in [1.29, 1.82) is 0 Å². The van der Waals surface area contributed by atoms with Crippen LogP contribution in [-0.2, 0) is 14.8 Å². The van der Waals surface area contributed by atoms with Gasteiger partial charge in [0.2, 0.25) is 0 Å². The summed E-state index contributed by atoms with van der Waals surface area (Å²) in [5.74, 6) is -0.211. The fourth-order valence-electron chi connectivity index (χ4n) is 2.69. The Labute approximate surface area is 165 Å². The zero-order chi connectivity index (χ0) is 18.9. The van der Waals surface area contributed by atoms with Gasteiger partial charge in [0.1, 0.15) is 9.46 Å². The summed E-state index contributed by atoms with van der Waals surface area (Å²) >= 11 is 2.25. The SMILES string of the molecule is O=C1[C@@H](c2ccccc2)SC(=NS(=O)(=O)c2cccs2)N1c1ccccc1. The third kappa shape index (κ3) is 3.55. The molecule has 2 aromatic carbocycles. The van der Waals surface area contributed by atoms with E-state index in [0.29, 0.717) is 5.69 Å². The molecule has 27 heavy (non-hydrogen) atoms. The molecule has 0 bridgehead atoms. The van der Waals surface area contributed by atoms with E-state index < -0.39 is 15.3 Å². The van der Waals surface area contributed by atoms with Crippen molar-refractivity contribution in [3.63, 3.8) is 0 Å². The average Bonchev–Trinajstić information content (AvgIpc) is 3.32. The summed E-state index contributed by atoms with van der Waals surface area (Å²) in [5.41, 5.74) is 1.40. The molecule has 1 aromatic heterocycles. The Hall–Kier alpha value is -2.42. The molecule has 4 rings (SSSR count). The number of benzene rings is 2. The maximum Gasteiger partial charge on any atom is 0.294 e. The number of anilines is 1. The summed E-state index contributed by atoms with van der Waals surface area (Å²) in [6.45, 7) is 0. The van der Waals surface area contributed by atoms with Gasteiger partial charge in [0.15, 0.2) is 5.17 Å². The van der Waals surface area contributed by atoms with Crippen LogP contribution in [0, 0.1) is 0 Å². The van der Waals surface area contributed by atoms with Gasteiger partial charge in [-0.15, -0.1) is 15.7 Å². The maximum atomic E-state index is 13.1. The molecule has 1 aliphatic rings. The summed E-state index contributed by atoms with van der Waals surface area (Å²) in [5, 5.41) is 1.30. The Morgan fingerprint density at radius 3 is 2.19 bits per heavy atom. The van der Waals surface area contributed by atoms with Crippen LogP contribution in [0.25, 0.3) is 0 Å². The summed E-state index contributed by atoms with van der Waals surface area (Å²) in [6, 6.07) is 21.4. The number of thioether (sulfide) groups is 1. The highest BCUT2D eigenvalue weighted by molar-refractivity contribution is 8.16. The van der Waals surface area contributed by atoms with Crippen molar-refractivity contribution in [3.05, 3.63) is 83.7 Å². The molecule has 1 atom stereocenters. The number of amidine groups is 1. The van der Waals surface area contributed by atoms with Gasteiger partial charge in [-0.25, -0.2) is 0 Å². The third-order valence-corrected chi connectivity index (χ3v) is 7.87. The molecular formula is C19H14N2O3S3. The molecule has 0 N–H and O–H groups in total. The quantitative estimate of drug-likeness (QED) is 0.638. The predicted octanol–water partition coefficient (Wildman–Crippen LogP) is 4.31. The molecule has 0 saturated carbocycles. The molecule has 0 spiro atoms. The van der Waals surface area contributed by atoms with E-state index in [-0.39, 0.29) is 15.3 Å². The second-order valence-electron chi connectivity index (χ2n) is 5.70. The molecule has 1 aliphatic heterocycles. The topological polar surface area (TPSA) is 66.8 Å². The van der Waals surface area contributed by atoms with Crippen molar-refractivity contribution in [1.82, 2.24) is 0 Å². The second-order valence-corrected chi connectivity index (χ2v) is 9.55. The number of carbonyl (C=O) groups is 1. The maximum absolute atomic E-state index is 13.1. The molecule has 8 heteroatoms. The largest absolute Gasteiger partial charge is 0.294 e. The number of rotatable bonds is 4. The van der Waals surface area contributed by atoms with E-state index in [1.54, 1.807) is 35.7 Å². The minimum atomic E-state index is -3.88. The van der Waals surface area contributed by atoms with Crippen molar-refractivity contribution in [3.8, 4) is 0 Å². The van der Waals surface area contributed by atoms with E-state index in [4.69, 9.17) is 0 Å². The molecule has 136 valence electrons. The minimum absolute atomic E-state index is 0.152. The molecule has 3 aromatic rings. The van der Waals surface area contributed by atoms with E-state index >= 15 is 0 Å². The van der Waals surface area contributed by atoms with Gasteiger partial charge in [-0.3, -0.25) is 9.69 Å². The van der Waals surface area contributed by atoms with E-state index in [1.165, 1.54) is 11.0 Å². The van der Waals surface area contributed by atoms with Gasteiger partial charge < -0.3 is 0 Å². The molecule has 0 radical (unpaired) electrons. The molecule has 0 unspecified atom stereocenters. The Bertz CT molecular complexity index is 1080. The number of carbonyl (C=O) groups excluding carboxylic acids is 1. The average molecular weight is 415 g/mol. The molecule has 1 amide bonds. The van der Waals surface area contributed by atoms with Crippen LogP contribution in [0.1, 0.15) is 10.8 Å². The van der Waals surface area contributed by atoms with Crippen LogP contribution >= 0.6 is 23.1 Å². The Morgan fingerprint density at radius 1 is 0.889 bits per heavy atom. The number of hydrogen-bond acceptors (Lipinski definition) is 5. The zero-order valence-electron chi connectivity index (χ0n) is 13.9. The number of nitrogens with zero attached hydrogens (tertiary/aromatic N) is 2. The molecule has 1 saturated heterocycles. The second kappa shape index (κ2) is 7.30. The highest BCUT2D eigenvalue weighted by Gasteiger charge is 2.41. The van der Waals surface area contributed by atoms with E-state index in [1.807, 2.05) is 36.4 Å². The first-order valence-electron chi connectivity index (χ1n) is 8.05. The first-order valence-corrected chi connectivity index (χ1v) is 11.3. The van der Waals surface area contributed by atoms with Gasteiger partial charge in [0, 0.05) is 0 Å². The Kier molecular flexibility index (Phi) is 4.86. The Morgan fingerprint density at radius 2 is 1.56 bits per heavy atom. The van der Waals surface area contributed by atoms with Crippen LogP contribution < -0.4 is 4.90 Å². The fourth-order valence-corrected chi connectivity index (χ4v) is 6.01. The van der Waals surface area contributed by atoms with Crippen molar-refractivity contribution >= 4 is 49.9 Å². The highest BCUT2D eigenvalue weighted by atomic mass is 32.2. The van der Waals surface area contributed by atoms with Crippen LogP contribution in [0.3, 0.4) is 0 Å². The third-order valence-electron chi connectivity index (χ3n) is 3.92. The lowest BCUT2D eigenvalue weighted by atomic mass is 10.1. The summed E-state index contributed by atoms with van der Waals surface area (Å²) in [6.07, 6.45) is 0. The zero-order valence-corrected chi connectivity index (χ0v) is 16.4.